The van der Waals surface area contributed by atoms with Gasteiger partial charge in [-0.25, -0.2) is 5.11 Å². The summed E-state index contributed by atoms with van der Waals surface area (Å²) in [6, 6.07) is 0. The lowest BCUT2D eigenvalue weighted by atomic mass is 10.2. The molecule has 0 spiro atoms. The van der Waals surface area contributed by atoms with Crippen molar-refractivity contribution in [2.24, 2.45) is 0 Å². The predicted molar refractivity (Wildman–Crippen MR) is 31.3 cm³/mol. The van der Waals surface area contributed by atoms with E-state index in [1.165, 1.54) is 0 Å². The molecule has 0 amide bonds. The molecule has 0 heterocycles. The Balaban J connectivity index is 3.11. The van der Waals surface area contributed by atoms with Crippen LogP contribution in [0.3, 0.4) is 0 Å². The first kappa shape index (κ1) is 7.92. The van der Waals surface area contributed by atoms with Crippen molar-refractivity contribution in [2.45, 2.75) is 26.4 Å². The molecule has 0 N–H and O–H groups in total. The SMILES string of the molecule is CC(C)(C)OCC[O]. The summed E-state index contributed by atoms with van der Waals surface area (Å²) in [5.74, 6) is 0. The molecule has 0 aromatic rings. The third-order valence-corrected chi connectivity index (χ3v) is 0.618. The van der Waals surface area contributed by atoms with E-state index in [1.807, 2.05) is 20.8 Å². The Morgan fingerprint density at radius 2 is 1.88 bits per heavy atom. The van der Waals surface area contributed by atoms with Crippen molar-refractivity contribution in [3.05, 3.63) is 0 Å². The van der Waals surface area contributed by atoms with Gasteiger partial charge in [0.15, 0.2) is 0 Å². The van der Waals surface area contributed by atoms with Crippen LogP contribution in [0.4, 0.5) is 0 Å². The molecule has 2 heteroatoms. The van der Waals surface area contributed by atoms with Crippen molar-refractivity contribution in [1.82, 2.24) is 0 Å². The summed E-state index contributed by atoms with van der Waals surface area (Å²) in [6.45, 7) is 5.98. The van der Waals surface area contributed by atoms with E-state index in [0.717, 1.165) is 0 Å². The average molecular weight is 117 g/mol. The van der Waals surface area contributed by atoms with Gasteiger partial charge in [0.2, 0.25) is 0 Å². The molecule has 0 saturated carbocycles. The Kier molecular flexibility index (Phi) is 3.02. The van der Waals surface area contributed by atoms with E-state index in [2.05, 4.69) is 0 Å². The second-order valence-electron chi connectivity index (χ2n) is 2.66. The smallest absolute Gasteiger partial charge is 0.106 e. The van der Waals surface area contributed by atoms with Crippen LogP contribution < -0.4 is 0 Å². The molecule has 0 aliphatic carbocycles. The largest absolute Gasteiger partial charge is 0.373 e. The van der Waals surface area contributed by atoms with Gasteiger partial charge in [-0.05, 0) is 20.8 Å². The van der Waals surface area contributed by atoms with Gasteiger partial charge in [0.1, 0.15) is 6.61 Å². The summed E-state index contributed by atoms with van der Waals surface area (Å²) in [5.41, 5.74) is -0.148. The molecule has 1 radical (unpaired) electrons. The van der Waals surface area contributed by atoms with Gasteiger partial charge in [-0.3, -0.25) is 0 Å². The number of rotatable bonds is 2. The van der Waals surface area contributed by atoms with Crippen molar-refractivity contribution in [3.8, 4) is 0 Å². The van der Waals surface area contributed by atoms with E-state index >= 15 is 0 Å². The Morgan fingerprint density at radius 1 is 1.38 bits per heavy atom. The first-order chi connectivity index (χ1) is 3.56. The van der Waals surface area contributed by atoms with E-state index < -0.39 is 0 Å². The second-order valence-corrected chi connectivity index (χ2v) is 2.66. The van der Waals surface area contributed by atoms with Crippen molar-refractivity contribution < 1.29 is 9.84 Å². The maximum absolute atomic E-state index is 9.85. The van der Waals surface area contributed by atoms with Crippen molar-refractivity contribution in [1.29, 1.82) is 0 Å². The number of hydrogen-bond acceptors (Lipinski definition) is 1. The summed E-state index contributed by atoms with van der Waals surface area (Å²) in [6.07, 6.45) is 0. The first-order valence-corrected chi connectivity index (χ1v) is 2.78. The van der Waals surface area contributed by atoms with Crippen molar-refractivity contribution in [2.75, 3.05) is 13.2 Å². The van der Waals surface area contributed by atoms with Gasteiger partial charge in [-0.1, -0.05) is 0 Å². The lowest BCUT2D eigenvalue weighted by Crippen LogP contribution is -2.20. The van der Waals surface area contributed by atoms with Crippen LogP contribution in [0.2, 0.25) is 0 Å². The molecule has 0 atom stereocenters. The highest BCUT2D eigenvalue weighted by molar-refractivity contribution is 4.57. The zero-order chi connectivity index (χ0) is 6.62. The van der Waals surface area contributed by atoms with Gasteiger partial charge in [-0.2, -0.15) is 0 Å². The lowest BCUT2D eigenvalue weighted by molar-refractivity contribution is -0.0310. The molecule has 0 fully saturated rings. The van der Waals surface area contributed by atoms with Crippen LogP contribution in [0, 0.1) is 0 Å². The Bertz CT molecular complexity index is 54.0. The van der Waals surface area contributed by atoms with Crippen LogP contribution in [0.15, 0.2) is 0 Å². The average Bonchev–Trinajstić information content (AvgIpc) is 1.59. The van der Waals surface area contributed by atoms with Crippen LogP contribution in [0.5, 0.6) is 0 Å². The zero-order valence-electron chi connectivity index (χ0n) is 5.73. The number of hydrogen-bond donors (Lipinski definition) is 0. The zero-order valence-corrected chi connectivity index (χ0v) is 5.73. The Labute approximate surface area is 50.5 Å². The third kappa shape index (κ3) is 5.92. The second kappa shape index (κ2) is 3.05. The van der Waals surface area contributed by atoms with Gasteiger partial charge < -0.3 is 4.74 Å². The minimum absolute atomic E-state index is 0.142. The minimum Gasteiger partial charge on any atom is -0.373 e. The molecule has 0 rings (SSSR count). The molecule has 0 aliphatic rings. The predicted octanol–water partition coefficient (Wildman–Crippen LogP) is 1.23. The van der Waals surface area contributed by atoms with Gasteiger partial charge >= 0.3 is 0 Å². The Hall–Kier alpha value is -0.0800. The topological polar surface area (TPSA) is 29.1 Å². The molecule has 0 saturated heterocycles. The molecule has 0 aromatic carbocycles. The Morgan fingerprint density at radius 3 is 2.00 bits per heavy atom. The molecule has 0 aromatic heterocycles. The summed E-state index contributed by atoms with van der Waals surface area (Å²) in [4.78, 5) is 0. The van der Waals surface area contributed by atoms with Gasteiger partial charge in [-0.15, -0.1) is 0 Å². The van der Waals surface area contributed by atoms with Crippen molar-refractivity contribution in [3.63, 3.8) is 0 Å². The molecule has 0 bridgehead atoms. The molecule has 49 valence electrons. The molecule has 2 nitrogen and oxygen atoms in total. The van der Waals surface area contributed by atoms with Crippen LogP contribution in [-0.2, 0) is 9.84 Å². The van der Waals surface area contributed by atoms with E-state index in [1.54, 1.807) is 0 Å². The fourth-order valence-electron chi connectivity index (χ4n) is 0.348. The van der Waals surface area contributed by atoms with Crippen LogP contribution in [0.25, 0.3) is 0 Å². The van der Waals surface area contributed by atoms with E-state index in [0.29, 0.717) is 6.61 Å². The summed E-state index contributed by atoms with van der Waals surface area (Å²) >= 11 is 0. The van der Waals surface area contributed by atoms with Crippen LogP contribution in [-0.4, -0.2) is 18.8 Å². The van der Waals surface area contributed by atoms with E-state index in [4.69, 9.17) is 4.74 Å². The fourth-order valence-corrected chi connectivity index (χ4v) is 0.348. The molecular weight excluding hydrogens is 104 g/mol. The molecule has 0 unspecified atom stereocenters. The molecule has 0 aliphatic heterocycles. The lowest BCUT2D eigenvalue weighted by Gasteiger charge is -2.17. The highest BCUT2D eigenvalue weighted by Gasteiger charge is 2.07. The van der Waals surface area contributed by atoms with Crippen LogP contribution >= 0.6 is 0 Å². The molecular formula is C6H13O2. The third-order valence-electron chi connectivity index (χ3n) is 0.618. The quantitative estimate of drug-likeness (QED) is 0.535. The molecule has 8 heavy (non-hydrogen) atoms. The van der Waals surface area contributed by atoms with E-state index in [9.17, 15) is 5.11 Å². The maximum atomic E-state index is 9.85. The van der Waals surface area contributed by atoms with E-state index in [-0.39, 0.29) is 12.2 Å². The van der Waals surface area contributed by atoms with Crippen LogP contribution in [0.1, 0.15) is 20.8 Å². The normalized spacial score (nSPS) is 12.0. The summed E-state index contributed by atoms with van der Waals surface area (Å²) in [5, 5.41) is 9.85. The standard InChI is InChI=1S/C6H13O2/c1-6(2,3)8-5-4-7/h4-5H2,1-3H3. The summed E-state index contributed by atoms with van der Waals surface area (Å²) in [7, 11) is 0. The number of ether oxygens (including phenoxy) is 1. The minimum atomic E-state index is -0.148. The van der Waals surface area contributed by atoms with Gasteiger partial charge in [0, 0.05) is 0 Å². The van der Waals surface area contributed by atoms with Crippen molar-refractivity contribution >= 4 is 0 Å². The first-order valence-electron chi connectivity index (χ1n) is 2.78. The maximum Gasteiger partial charge on any atom is 0.106 e. The highest BCUT2D eigenvalue weighted by atomic mass is 16.5. The summed E-state index contributed by atoms with van der Waals surface area (Å²) < 4.78 is 5.07. The highest BCUT2D eigenvalue weighted by Crippen LogP contribution is 2.04. The van der Waals surface area contributed by atoms with Gasteiger partial charge in [0.25, 0.3) is 0 Å². The fraction of sp³-hybridized carbons (Fsp3) is 1.00. The van der Waals surface area contributed by atoms with Gasteiger partial charge in [0.05, 0.1) is 12.2 Å². The monoisotopic (exact) mass is 117 g/mol.